The number of benzene rings is 2. The van der Waals surface area contributed by atoms with Crippen LogP contribution in [0.25, 0.3) is 0 Å². The highest BCUT2D eigenvalue weighted by molar-refractivity contribution is 5.67. The fraction of sp³-hybridized carbons (Fsp3) is 0.250. The Hall–Kier alpha value is -1.94. The number of hydrogen-bond acceptors (Lipinski definition) is 2. The maximum Gasteiger partial charge on any atom is 0.150 e. The summed E-state index contributed by atoms with van der Waals surface area (Å²) in [6.45, 7) is 4.01. The summed E-state index contributed by atoms with van der Waals surface area (Å²) < 4.78 is 28.2. The van der Waals surface area contributed by atoms with Gasteiger partial charge in [0, 0.05) is 19.3 Å². The molecule has 20 heavy (non-hydrogen) atoms. The lowest BCUT2D eigenvalue weighted by Gasteiger charge is -2.23. The Morgan fingerprint density at radius 1 is 1.05 bits per heavy atom. The van der Waals surface area contributed by atoms with Crippen LogP contribution in [0, 0.1) is 25.5 Å². The van der Waals surface area contributed by atoms with Crippen LogP contribution in [0.1, 0.15) is 16.7 Å². The van der Waals surface area contributed by atoms with E-state index in [9.17, 15) is 8.78 Å². The fourth-order valence-electron chi connectivity index (χ4n) is 2.36. The number of rotatable bonds is 3. The lowest BCUT2D eigenvalue weighted by atomic mass is 10.1. The second-order valence-electron chi connectivity index (χ2n) is 4.96. The third kappa shape index (κ3) is 2.65. The van der Waals surface area contributed by atoms with Crippen LogP contribution in [0.5, 0.6) is 0 Å². The predicted molar refractivity (Wildman–Crippen MR) is 78.2 cm³/mol. The minimum Gasteiger partial charge on any atom is -0.340 e. The van der Waals surface area contributed by atoms with E-state index in [1.54, 1.807) is 7.05 Å². The second kappa shape index (κ2) is 5.59. The van der Waals surface area contributed by atoms with Crippen molar-refractivity contribution in [2.45, 2.75) is 20.4 Å². The van der Waals surface area contributed by atoms with Gasteiger partial charge in [0.2, 0.25) is 0 Å². The standard InChI is InChI=1S/C16H18F2N2/c1-10-4-5-15(11(2)6-10)20(3)16-13(17)7-12(9-19)8-14(16)18/h4-8H,9,19H2,1-3H3. The van der Waals surface area contributed by atoms with E-state index >= 15 is 0 Å². The van der Waals surface area contributed by atoms with Gasteiger partial charge < -0.3 is 10.6 Å². The molecule has 2 rings (SSSR count). The van der Waals surface area contributed by atoms with Crippen molar-refractivity contribution in [1.82, 2.24) is 0 Å². The van der Waals surface area contributed by atoms with Crippen LogP contribution in [0.4, 0.5) is 20.2 Å². The first-order valence-electron chi connectivity index (χ1n) is 6.43. The van der Waals surface area contributed by atoms with Crippen LogP contribution in [0.15, 0.2) is 30.3 Å². The molecule has 0 aliphatic rings. The van der Waals surface area contributed by atoms with Crippen LogP contribution >= 0.6 is 0 Å². The molecular weight excluding hydrogens is 258 g/mol. The lowest BCUT2D eigenvalue weighted by molar-refractivity contribution is 0.580. The van der Waals surface area contributed by atoms with Gasteiger partial charge in [0.25, 0.3) is 0 Å². The second-order valence-corrected chi connectivity index (χ2v) is 4.96. The molecule has 0 aliphatic carbocycles. The average molecular weight is 276 g/mol. The van der Waals surface area contributed by atoms with Crippen molar-refractivity contribution in [1.29, 1.82) is 0 Å². The SMILES string of the molecule is Cc1ccc(N(C)c2c(F)cc(CN)cc2F)c(C)c1. The molecule has 2 aromatic rings. The van der Waals surface area contributed by atoms with Gasteiger partial charge in [-0.25, -0.2) is 8.78 Å². The molecule has 0 saturated carbocycles. The summed E-state index contributed by atoms with van der Waals surface area (Å²) >= 11 is 0. The third-order valence-corrected chi connectivity index (χ3v) is 3.36. The van der Waals surface area contributed by atoms with E-state index in [1.807, 2.05) is 32.0 Å². The van der Waals surface area contributed by atoms with Crippen molar-refractivity contribution < 1.29 is 8.78 Å². The Kier molecular flexibility index (Phi) is 4.04. The van der Waals surface area contributed by atoms with Crippen LogP contribution in [0.3, 0.4) is 0 Å². The van der Waals surface area contributed by atoms with Gasteiger partial charge in [0.15, 0.2) is 0 Å². The highest BCUT2D eigenvalue weighted by atomic mass is 19.1. The number of nitrogens with zero attached hydrogens (tertiary/aromatic N) is 1. The summed E-state index contributed by atoms with van der Waals surface area (Å²) in [6, 6.07) is 8.32. The minimum atomic E-state index is -0.604. The molecule has 0 radical (unpaired) electrons. The summed E-state index contributed by atoms with van der Waals surface area (Å²) in [6.07, 6.45) is 0. The Morgan fingerprint density at radius 2 is 1.65 bits per heavy atom. The normalized spacial score (nSPS) is 10.7. The largest absolute Gasteiger partial charge is 0.340 e. The van der Waals surface area contributed by atoms with Gasteiger partial charge in [-0.3, -0.25) is 0 Å². The Bertz CT molecular complexity index is 615. The van der Waals surface area contributed by atoms with E-state index in [-0.39, 0.29) is 12.2 Å². The van der Waals surface area contributed by atoms with Crippen molar-refractivity contribution in [2.24, 2.45) is 5.73 Å². The monoisotopic (exact) mass is 276 g/mol. The number of nitrogens with two attached hydrogens (primary N) is 1. The maximum absolute atomic E-state index is 14.1. The molecule has 2 nitrogen and oxygen atoms in total. The van der Waals surface area contributed by atoms with Crippen LogP contribution in [-0.2, 0) is 6.54 Å². The van der Waals surface area contributed by atoms with E-state index in [0.717, 1.165) is 16.8 Å². The average Bonchev–Trinajstić information content (AvgIpc) is 2.37. The van der Waals surface area contributed by atoms with Gasteiger partial charge in [-0.05, 0) is 43.2 Å². The van der Waals surface area contributed by atoms with Crippen molar-refractivity contribution in [3.8, 4) is 0 Å². The molecule has 0 aliphatic heterocycles. The molecule has 0 heterocycles. The number of hydrogen-bond donors (Lipinski definition) is 1. The van der Waals surface area contributed by atoms with Gasteiger partial charge in [-0.2, -0.15) is 0 Å². The molecule has 0 aromatic heterocycles. The summed E-state index contributed by atoms with van der Waals surface area (Å²) in [7, 11) is 1.65. The fourth-order valence-corrected chi connectivity index (χ4v) is 2.36. The van der Waals surface area contributed by atoms with E-state index in [2.05, 4.69) is 0 Å². The zero-order valence-electron chi connectivity index (χ0n) is 11.9. The molecule has 0 amide bonds. The Morgan fingerprint density at radius 3 is 2.15 bits per heavy atom. The molecule has 0 bridgehead atoms. The summed E-state index contributed by atoms with van der Waals surface area (Å²) in [5.41, 5.74) is 8.65. The van der Waals surface area contributed by atoms with Gasteiger partial charge in [-0.15, -0.1) is 0 Å². The molecular formula is C16H18F2N2. The number of halogens is 2. The van der Waals surface area contributed by atoms with Gasteiger partial charge in [0.1, 0.15) is 17.3 Å². The van der Waals surface area contributed by atoms with E-state index in [4.69, 9.17) is 5.73 Å². The van der Waals surface area contributed by atoms with E-state index < -0.39 is 11.6 Å². The lowest BCUT2D eigenvalue weighted by Crippen LogP contribution is -2.15. The van der Waals surface area contributed by atoms with E-state index in [0.29, 0.717) is 5.56 Å². The molecule has 2 N–H and O–H groups in total. The highest BCUT2D eigenvalue weighted by Gasteiger charge is 2.17. The zero-order valence-corrected chi connectivity index (χ0v) is 11.9. The van der Waals surface area contributed by atoms with Crippen molar-refractivity contribution >= 4 is 11.4 Å². The van der Waals surface area contributed by atoms with Gasteiger partial charge in [-0.1, -0.05) is 17.7 Å². The molecule has 0 spiro atoms. The molecule has 0 atom stereocenters. The van der Waals surface area contributed by atoms with Crippen LogP contribution in [0.2, 0.25) is 0 Å². The Labute approximate surface area is 117 Å². The van der Waals surface area contributed by atoms with Crippen molar-refractivity contribution in [3.05, 3.63) is 58.7 Å². The van der Waals surface area contributed by atoms with Crippen LogP contribution in [-0.4, -0.2) is 7.05 Å². The molecule has 0 unspecified atom stereocenters. The van der Waals surface area contributed by atoms with E-state index in [1.165, 1.54) is 17.0 Å². The first kappa shape index (κ1) is 14.5. The smallest absolute Gasteiger partial charge is 0.150 e. The number of anilines is 2. The molecule has 106 valence electrons. The first-order valence-corrected chi connectivity index (χ1v) is 6.43. The molecule has 0 saturated heterocycles. The third-order valence-electron chi connectivity index (χ3n) is 3.36. The molecule has 4 heteroatoms. The summed E-state index contributed by atoms with van der Waals surface area (Å²) in [4.78, 5) is 1.53. The van der Waals surface area contributed by atoms with Gasteiger partial charge >= 0.3 is 0 Å². The molecule has 2 aromatic carbocycles. The quantitative estimate of drug-likeness (QED) is 0.923. The predicted octanol–water partition coefficient (Wildman–Crippen LogP) is 3.81. The van der Waals surface area contributed by atoms with Crippen LogP contribution < -0.4 is 10.6 Å². The van der Waals surface area contributed by atoms with Crippen molar-refractivity contribution in [3.63, 3.8) is 0 Å². The highest BCUT2D eigenvalue weighted by Crippen LogP contribution is 2.32. The number of aryl methyl sites for hydroxylation is 2. The Balaban J connectivity index is 2.50. The summed E-state index contributed by atoms with van der Waals surface area (Å²) in [5.74, 6) is -1.21. The maximum atomic E-state index is 14.1. The zero-order chi connectivity index (χ0) is 14.9. The minimum absolute atomic E-state index is 0.0610. The topological polar surface area (TPSA) is 29.3 Å². The van der Waals surface area contributed by atoms with Crippen molar-refractivity contribution in [2.75, 3.05) is 11.9 Å². The van der Waals surface area contributed by atoms with Gasteiger partial charge in [0.05, 0.1) is 0 Å². The summed E-state index contributed by atoms with van der Waals surface area (Å²) in [5, 5.41) is 0. The molecule has 0 fully saturated rings. The first-order chi connectivity index (χ1) is 9.43.